The van der Waals surface area contributed by atoms with Crippen molar-refractivity contribution in [2.75, 3.05) is 25.4 Å². The van der Waals surface area contributed by atoms with Crippen LogP contribution in [0, 0.1) is 5.41 Å². The number of likely N-dealkylation sites (tertiary alicyclic amines) is 1. The summed E-state index contributed by atoms with van der Waals surface area (Å²) in [4.78, 5) is 27.9. The molecule has 21 heavy (non-hydrogen) atoms. The largest absolute Gasteiger partial charge is 0.480 e. The number of hydrogen-bond donors (Lipinski definition) is 1. The number of amides is 2. The molecule has 0 spiro atoms. The third kappa shape index (κ3) is 3.47. The minimum absolute atomic E-state index is 0.0890. The minimum Gasteiger partial charge on any atom is -0.480 e. The highest BCUT2D eigenvalue weighted by atomic mass is 32.2. The zero-order valence-electron chi connectivity index (χ0n) is 13.2. The van der Waals surface area contributed by atoms with Crippen LogP contribution < -0.4 is 0 Å². The van der Waals surface area contributed by atoms with E-state index in [-0.39, 0.29) is 11.4 Å². The Labute approximate surface area is 131 Å². The number of piperidine rings is 1. The van der Waals surface area contributed by atoms with Crippen LogP contribution in [0.25, 0.3) is 0 Å². The number of hydrogen-bond acceptors (Lipinski definition) is 3. The van der Waals surface area contributed by atoms with Gasteiger partial charge in [-0.2, -0.15) is 11.8 Å². The molecule has 2 atom stereocenters. The van der Waals surface area contributed by atoms with E-state index < -0.39 is 12.0 Å². The number of carboxylic acid groups (broad SMARTS) is 1. The molecule has 0 aromatic heterocycles. The van der Waals surface area contributed by atoms with E-state index in [1.807, 2.05) is 30.5 Å². The molecule has 0 aliphatic carbocycles. The predicted octanol–water partition coefficient (Wildman–Crippen LogP) is 2.51. The van der Waals surface area contributed by atoms with E-state index in [9.17, 15) is 14.7 Å². The predicted molar refractivity (Wildman–Crippen MR) is 84.7 cm³/mol. The number of carboxylic acids is 1. The number of nitrogens with zero attached hydrogens (tertiary/aromatic N) is 2. The van der Waals surface area contributed by atoms with Crippen LogP contribution in [0.3, 0.4) is 0 Å². The van der Waals surface area contributed by atoms with Crippen molar-refractivity contribution in [3.8, 4) is 0 Å². The van der Waals surface area contributed by atoms with Crippen LogP contribution in [-0.4, -0.2) is 63.6 Å². The van der Waals surface area contributed by atoms with Crippen molar-refractivity contribution in [1.82, 2.24) is 9.80 Å². The third-order valence-electron chi connectivity index (χ3n) is 4.62. The van der Waals surface area contributed by atoms with Gasteiger partial charge in [-0.3, -0.25) is 0 Å². The van der Waals surface area contributed by atoms with E-state index in [2.05, 4.69) is 6.92 Å². The Bertz CT molecular complexity index is 414. The molecule has 0 bridgehead atoms. The van der Waals surface area contributed by atoms with Crippen LogP contribution in [0.1, 0.15) is 40.0 Å². The molecule has 1 N–H and O–H groups in total. The molecule has 2 unspecified atom stereocenters. The van der Waals surface area contributed by atoms with Crippen molar-refractivity contribution in [3.63, 3.8) is 0 Å². The van der Waals surface area contributed by atoms with Gasteiger partial charge in [-0.15, -0.1) is 0 Å². The van der Waals surface area contributed by atoms with Gasteiger partial charge in [0.1, 0.15) is 6.04 Å². The lowest BCUT2D eigenvalue weighted by Gasteiger charge is -2.46. The summed E-state index contributed by atoms with van der Waals surface area (Å²) in [5.41, 5.74) is -0.367. The zero-order chi connectivity index (χ0) is 15.6. The fourth-order valence-electron chi connectivity index (χ4n) is 3.39. The standard InChI is InChI=1S/C15H26N2O3S/c1-4-11-10-16(8-9-21-11)14(20)17-7-5-6-15(2,3)12(17)13(18)19/h11-12H,4-10H2,1-3H3,(H,18,19). The lowest BCUT2D eigenvalue weighted by atomic mass is 9.76. The summed E-state index contributed by atoms with van der Waals surface area (Å²) < 4.78 is 0. The highest BCUT2D eigenvalue weighted by Crippen LogP contribution is 2.36. The van der Waals surface area contributed by atoms with Crippen LogP contribution in [-0.2, 0) is 4.79 Å². The fourth-order valence-corrected chi connectivity index (χ4v) is 4.57. The van der Waals surface area contributed by atoms with E-state index in [1.165, 1.54) is 0 Å². The first-order valence-electron chi connectivity index (χ1n) is 7.76. The Morgan fingerprint density at radius 3 is 2.67 bits per heavy atom. The molecule has 5 nitrogen and oxygen atoms in total. The van der Waals surface area contributed by atoms with Crippen molar-refractivity contribution < 1.29 is 14.7 Å². The van der Waals surface area contributed by atoms with Gasteiger partial charge in [-0.05, 0) is 24.7 Å². The van der Waals surface area contributed by atoms with Crippen molar-refractivity contribution in [2.45, 2.75) is 51.3 Å². The second kappa shape index (κ2) is 6.46. The SMILES string of the molecule is CCC1CN(C(=O)N2CCCC(C)(C)C2C(=O)O)CCS1. The van der Waals surface area contributed by atoms with E-state index >= 15 is 0 Å². The maximum absolute atomic E-state index is 12.8. The molecule has 2 aliphatic rings. The van der Waals surface area contributed by atoms with Crippen LogP contribution in [0.5, 0.6) is 0 Å². The monoisotopic (exact) mass is 314 g/mol. The van der Waals surface area contributed by atoms with Gasteiger partial charge >= 0.3 is 12.0 Å². The quantitative estimate of drug-likeness (QED) is 0.851. The third-order valence-corrected chi connectivity index (χ3v) is 5.99. The lowest BCUT2D eigenvalue weighted by molar-refractivity contribution is -0.148. The van der Waals surface area contributed by atoms with Crippen molar-refractivity contribution in [3.05, 3.63) is 0 Å². The Kier molecular flexibility index (Phi) is 5.07. The molecule has 0 saturated carbocycles. The summed E-state index contributed by atoms with van der Waals surface area (Å²) in [6, 6.07) is -0.803. The van der Waals surface area contributed by atoms with Crippen molar-refractivity contribution >= 4 is 23.8 Å². The minimum atomic E-state index is -0.883. The second-order valence-electron chi connectivity index (χ2n) is 6.66. The molecule has 0 radical (unpaired) electrons. The molecular weight excluding hydrogens is 288 g/mol. The average Bonchev–Trinajstić information content (AvgIpc) is 2.44. The van der Waals surface area contributed by atoms with Gasteiger partial charge in [0, 0.05) is 30.6 Å². The van der Waals surface area contributed by atoms with E-state index in [1.54, 1.807) is 4.90 Å². The summed E-state index contributed by atoms with van der Waals surface area (Å²) in [6.07, 6.45) is 2.77. The number of carbonyl (C=O) groups excluding carboxylic acids is 1. The maximum atomic E-state index is 12.8. The maximum Gasteiger partial charge on any atom is 0.327 e. The van der Waals surface area contributed by atoms with E-state index in [0.29, 0.717) is 11.8 Å². The van der Waals surface area contributed by atoms with E-state index in [0.717, 1.165) is 38.1 Å². The first-order chi connectivity index (χ1) is 9.86. The van der Waals surface area contributed by atoms with Crippen LogP contribution in [0.15, 0.2) is 0 Å². The number of rotatable bonds is 2. The number of aliphatic carboxylic acids is 1. The average molecular weight is 314 g/mol. The van der Waals surface area contributed by atoms with Crippen LogP contribution in [0.2, 0.25) is 0 Å². The normalized spacial score (nSPS) is 29.3. The van der Waals surface area contributed by atoms with Gasteiger partial charge < -0.3 is 14.9 Å². The molecule has 2 amide bonds. The first-order valence-corrected chi connectivity index (χ1v) is 8.81. The van der Waals surface area contributed by atoms with Gasteiger partial charge in [-0.1, -0.05) is 20.8 Å². The first kappa shape index (κ1) is 16.5. The van der Waals surface area contributed by atoms with E-state index in [4.69, 9.17) is 0 Å². The van der Waals surface area contributed by atoms with Crippen molar-refractivity contribution in [2.24, 2.45) is 5.41 Å². The molecule has 6 heteroatoms. The molecule has 2 fully saturated rings. The highest BCUT2D eigenvalue weighted by Gasteiger charge is 2.45. The van der Waals surface area contributed by atoms with Gasteiger partial charge in [-0.25, -0.2) is 9.59 Å². The second-order valence-corrected chi connectivity index (χ2v) is 8.06. The summed E-state index contributed by atoms with van der Waals surface area (Å²) in [5, 5.41) is 10.0. The van der Waals surface area contributed by atoms with Crippen molar-refractivity contribution in [1.29, 1.82) is 0 Å². The number of thioether (sulfide) groups is 1. The number of urea groups is 1. The fraction of sp³-hybridized carbons (Fsp3) is 0.867. The molecule has 0 aromatic rings. The summed E-state index contributed by atoms with van der Waals surface area (Å²) in [7, 11) is 0. The topological polar surface area (TPSA) is 60.9 Å². The molecule has 2 rings (SSSR count). The summed E-state index contributed by atoms with van der Waals surface area (Å²) in [6.45, 7) is 8.06. The van der Waals surface area contributed by atoms with Gasteiger partial charge in [0.15, 0.2) is 0 Å². The molecule has 2 aliphatic heterocycles. The van der Waals surface area contributed by atoms with Crippen LogP contribution in [0.4, 0.5) is 4.79 Å². The summed E-state index contributed by atoms with van der Waals surface area (Å²) in [5.74, 6) is 0.0608. The molecule has 2 saturated heterocycles. The summed E-state index contributed by atoms with van der Waals surface area (Å²) >= 11 is 1.91. The van der Waals surface area contributed by atoms with Gasteiger partial charge in [0.05, 0.1) is 0 Å². The molecule has 0 aromatic carbocycles. The van der Waals surface area contributed by atoms with Gasteiger partial charge in [0.2, 0.25) is 0 Å². The van der Waals surface area contributed by atoms with Gasteiger partial charge in [0.25, 0.3) is 0 Å². The Balaban J connectivity index is 2.14. The highest BCUT2D eigenvalue weighted by molar-refractivity contribution is 8.00. The number of carbonyl (C=O) groups is 2. The lowest BCUT2D eigenvalue weighted by Crippen LogP contribution is -2.60. The molecular formula is C15H26N2O3S. The molecule has 120 valence electrons. The Hall–Kier alpha value is -0.910. The Morgan fingerprint density at radius 1 is 1.33 bits per heavy atom. The smallest absolute Gasteiger partial charge is 0.327 e. The zero-order valence-corrected chi connectivity index (χ0v) is 14.0. The molecule has 2 heterocycles. The van der Waals surface area contributed by atoms with Crippen LogP contribution >= 0.6 is 11.8 Å². The Morgan fingerprint density at radius 2 is 2.05 bits per heavy atom.